The lowest BCUT2D eigenvalue weighted by molar-refractivity contribution is -0.120. The van der Waals surface area contributed by atoms with Crippen molar-refractivity contribution >= 4 is 22.6 Å². The SMILES string of the molecule is CC(O)c1nc2ccc(NC(=O)C(C)(C)N)cc2[nH]1. The van der Waals surface area contributed by atoms with Gasteiger partial charge in [0.25, 0.3) is 0 Å². The number of aliphatic hydroxyl groups is 1. The molecule has 1 atom stereocenters. The molecule has 1 heterocycles. The summed E-state index contributed by atoms with van der Waals surface area (Å²) in [5, 5.41) is 12.2. The number of carbonyl (C=O) groups is 1. The molecule has 1 aromatic carbocycles. The summed E-state index contributed by atoms with van der Waals surface area (Å²) >= 11 is 0. The van der Waals surface area contributed by atoms with E-state index in [9.17, 15) is 9.90 Å². The van der Waals surface area contributed by atoms with Gasteiger partial charge in [-0.25, -0.2) is 4.98 Å². The van der Waals surface area contributed by atoms with Gasteiger partial charge in [-0.3, -0.25) is 4.79 Å². The lowest BCUT2D eigenvalue weighted by Crippen LogP contribution is -2.45. The molecule has 0 radical (unpaired) electrons. The summed E-state index contributed by atoms with van der Waals surface area (Å²) in [4.78, 5) is 19.0. The third-order valence-corrected chi connectivity index (χ3v) is 2.74. The minimum atomic E-state index is -0.937. The number of aromatic nitrogens is 2. The van der Waals surface area contributed by atoms with Crippen LogP contribution in [-0.2, 0) is 4.79 Å². The van der Waals surface area contributed by atoms with E-state index >= 15 is 0 Å². The molecule has 1 unspecified atom stereocenters. The van der Waals surface area contributed by atoms with E-state index in [0.717, 1.165) is 11.0 Å². The van der Waals surface area contributed by atoms with E-state index in [0.29, 0.717) is 11.5 Å². The number of imidazole rings is 1. The van der Waals surface area contributed by atoms with Gasteiger partial charge >= 0.3 is 0 Å². The maximum Gasteiger partial charge on any atom is 0.243 e. The van der Waals surface area contributed by atoms with Crippen molar-refractivity contribution < 1.29 is 9.90 Å². The molecule has 1 amide bonds. The molecule has 0 aliphatic rings. The number of aliphatic hydroxyl groups excluding tert-OH is 1. The Kier molecular flexibility index (Phi) is 3.30. The average molecular weight is 262 g/mol. The highest BCUT2D eigenvalue weighted by atomic mass is 16.3. The summed E-state index contributed by atoms with van der Waals surface area (Å²) in [6, 6.07) is 5.29. The minimum absolute atomic E-state index is 0.262. The zero-order chi connectivity index (χ0) is 14.2. The number of benzene rings is 1. The first kappa shape index (κ1) is 13.5. The molecular formula is C13H18N4O2. The predicted molar refractivity (Wildman–Crippen MR) is 73.6 cm³/mol. The number of nitrogens with two attached hydrogens (primary N) is 1. The molecule has 2 rings (SSSR count). The molecular weight excluding hydrogens is 244 g/mol. The summed E-state index contributed by atoms with van der Waals surface area (Å²) in [7, 11) is 0. The van der Waals surface area contributed by atoms with Crippen LogP contribution in [0.1, 0.15) is 32.7 Å². The molecule has 0 aliphatic heterocycles. The number of carbonyl (C=O) groups excluding carboxylic acids is 1. The Labute approximate surface area is 111 Å². The number of anilines is 1. The Morgan fingerprint density at radius 1 is 1.53 bits per heavy atom. The van der Waals surface area contributed by atoms with Crippen molar-refractivity contribution in [1.82, 2.24) is 9.97 Å². The first-order chi connectivity index (χ1) is 8.77. The molecule has 19 heavy (non-hydrogen) atoms. The zero-order valence-corrected chi connectivity index (χ0v) is 11.2. The molecule has 0 saturated carbocycles. The van der Waals surface area contributed by atoms with Crippen LogP contribution in [-0.4, -0.2) is 26.5 Å². The normalized spacial score (nSPS) is 13.5. The molecule has 0 aliphatic carbocycles. The number of hydrogen-bond donors (Lipinski definition) is 4. The van der Waals surface area contributed by atoms with Gasteiger partial charge < -0.3 is 21.1 Å². The topological polar surface area (TPSA) is 104 Å². The Balaban J connectivity index is 2.29. The monoisotopic (exact) mass is 262 g/mol. The van der Waals surface area contributed by atoms with Gasteiger partial charge in [-0.2, -0.15) is 0 Å². The van der Waals surface area contributed by atoms with E-state index in [1.165, 1.54) is 0 Å². The number of aromatic amines is 1. The fourth-order valence-electron chi connectivity index (χ4n) is 1.60. The van der Waals surface area contributed by atoms with Crippen LogP contribution in [0.3, 0.4) is 0 Å². The second-order valence-corrected chi connectivity index (χ2v) is 5.21. The highest BCUT2D eigenvalue weighted by molar-refractivity contribution is 5.98. The van der Waals surface area contributed by atoms with Crippen molar-refractivity contribution in [3.63, 3.8) is 0 Å². The van der Waals surface area contributed by atoms with Crippen molar-refractivity contribution in [1.29, 1.82) is 0 Å². The predicted octanol–water partition coefficient (Wildman–Crippen LogP) is 1.29. The molecule has 0 saturated heterocycles. The van der Waals surface area contributed by atoms with Gasteiger partial charge in [0, 0.05) is 5.69 Å². The fraction of sp³-hybridized carbons (Fsp3) is 0.385. The molecule has 5 N–H and O–H groups in total. The summed E-state index contributed by atoms with van der Waals surface area (Å²) in [5.74, 6) is 0.236. The number of hydrogen-bond acceptors (Lipinski definition) is 4. The number of nitrogens with one attached hydrogen (secondary N) is 2. The number of nitrogens with zero attached hydrogens (tertiary/aromatic N) is 1. The minimum Gasteiger partial charge on any atom is -0.385 e. The van der Waals surface area contributed by atoms with Crippen LogP contribution in [0.15, 0.2) is 18.2 Å². The van der Waals surface area contributed by atoms with Crippen molar-refractivity contribution in [2.75, 3.05) is 5.32 Å². The maximum atomic E-state index is 11.8. The van der Waals surface area contributed by atoms with Crippen LogP contribution in [0.25, 0.3) is 11.0 Å². The Morgan fingerprint density at radius 3 is 2.79 bits per heavy atom. The van der Waals surface area contributed by atoms with E-state index in [1.54, 1.807) is 39.0 Å². The summed E-state index contributed by atoms with van der Waals surface area (Å²) < 4.78 is 0. The number of amides is 1. The molecule has 0 spiro atoms. The van der Waals surface area contributed by atoms with E-state index in [-0.39, 0.29) is 5.91 Å². The molecule has 0 fully saturated rings. The lowest BCUT2D eigenvalue weighted by atomic mass is 10.1. The maximum absolute atomic E-state index is 11.8. The summed E-state index contributed by atoms with van der Waals surface area (Å²) in [5.41, 5.74) is 6.91. The summed E-state index contributed by atoms with van der Waals surface area (Å²) in [6.45, 7) is 4.92. The second-order valence-electron chi connectivity index (χ2n) is 5.21. The van der Waals surface area contributed by atoms with Crippen LogP contribution in [0.2, 0.25) is 0 Å². The quantitative estimate of drug-likeness (QED) is 0.669. The lowest BCUT2D eigenvalue weighted by Gasteiger charge is -2.17. The van der Waals surface area contributed by atoms with Gasteiger partial charge in [0.1, 0.15) is 11.9 Å². The van der Waals surface area contributed by atoms with Gasteiger partial charge in [-0.15, -0.1) is 0 Å². The van der Waals surface area contributed by atoms with Crippen molar-refractivity contribution in [3.05, 3.63) is 24.0 Å². The van der Waals surface area contributed by atoms with E-state index in [1.807, 2.05) is 0 Å². The van der Waals surface area contributed by atoms with Gasteiger partial charge in [0.15, 0.2) is 0 Å². The van der Waals surface area contributed by atoms with Crippen LogP contribution in [0.4, 0.5) is 5.69 Å². The Hall–Kier alpha value is -1.92. The fourth-order valence-corrected chi connectivity index (χ4v) is 1.60. The third kappa shape index (κ3) is 2.91. The van der Waals surface area contributed by atoms with Crippen molar-refractivity contribution in [3.8, 4) is 0 Å². The first-order valence-electron chi connectivity index (χ1n) is 6.05. The highest BCUT2D eigenvalue weighted by Gasteiger charge is 2.21. The molecule has 6 heteroatoms. The van der Waals surface area contributed by atoms with Crippen molar-refractivity contribution in [2.45, 2.75) is 32.4 Å². The number of fused-ring (bicyclic) bond motifs is 1. The van der Waals surface area contributed by atoms with E-state index < -0.39 is 11.6 Å². The van der Waals surface area contributed by atoms with Crippen LogP contribution in [0.5, 0.6) is 0 Å². The molecule has 102 valence electrons. The van der Waals surface area contributed by atoms with Crippen LogP contribution >= 0.6 is 0 Å². The zero-order valence-electron chi connectivity index (χ0n) is 11.2. The average Bonchev–Trinajstić information content (AvgIpc) is 2.70. The van der Waals surface area contributed by atoms with Crippen LogP contribution in [0, 0.1) is 0 Å². The number of rotatable bonds is 3. The largest absolute Gasteiger partial charge is 0.385 e. The van der Waals surface area contributed by atoms with Gasteiger partial charge in [-0.05, 0) is 39.0 Å². The van der Waals surface area contributed by atoms with Crippen LogP contribution < -0.4 is 11.1 Å². The highest BCUT2D eigenvalue weighted by Crippen LogP contribution is 2.20. The number of H-pyrrole nitrogens is 1. The molecule has 2 aromatic rings. The van der Waals surface area contributed by atoms with E-state index in [4.69, 9.17) is 5.73 Å². The Morgan fingerprint density at radius 2 is 2.21 bits per heavy atom. The summed E-state index contributed by atoms with van der Waals surface area (Å²) in [6.07, 6.45) is -0.659. The molecule has 6 nitrogen and oxygen atoms in total. The third-order valence-electron chi connectivity index (χ3n) is 2.74. The van der Waals surface area contributed by atoms with Crippen molar-refractivity contribution in [2.24, 2.45) is 5.73 Å². The van der Waals surface area contributed by atoms with Gasteiger partial charge in [0.05, 0.1) is 16.6 Å². The van der Waals surface area contributed by atoms with Gasteiger partial charge in [0.2, 0.25) is 5.91 Å². The van der Waals surface area contributed by atoms with Gasteiger partial charge in [-0.1, -0.05) is 0 Å². The molecule has 0 bridgehead atoms. The smallest absolute Gasteiger partial charge is 0.243 e. The standard InChI is InChI=1S/C13H18N4O2/c1-7(18)11-16-9-5-4-8(6-10(9)17-11)15-12(19)13(2,3)14/h4-7,18H,14H2,1-3H3,(H,15,19)(H,16,17). The van der Waals surface area contributed by atoms with E-state index in [2.05, 4.69) is 15.3 Å². The second kappa shape index (κ2) is 4.64. The first-order valence-corrected chi connectivity index (χ1v) is 6.05. The molecule has 1 aromatic heterocycles. The Bertz CT molecular complexity index is 611.